The van der Waals surface area contributed by atoms with E-state index in [0.29, 0.717) is 33.1 Å². The smallest absolute Gasteiger partial charge is 0.260 e. The second kappa shape index (κ2) is 9.46. The van der Waals surface area contributed by atoms with E-state index in [4.69, 9.17) is 23.2 Å². The number of imidazole rings is 1. The monoisotopic (exact) mass is 508 g/mol. The van der Waals surface area contributed by atoms with Crippen molar-refractivity contribution in [3.05, 3.63) is 92.4 Å². The highest BCUT2D eigenvalue weighted by atomic mass is 35.5. The second-order valence-electron chi connectivity index (χ2n) is 7.68. The Morgan fingerprint density at radius 2 is 1.85 bits per heavy atom. The third-order valence-corrected chi connectivity index (χ3v) is 6.97. The van der Waals surface area contributed by atoms with Crippen molar-refractivity contribution < 1.29 is 9.90 Å². The molecule has 6 nitrogen and oxygen atoms in total. The number of carbonyl (C=O) groups is 1. The van der Waals surface area contributed by atoms with Gasteiger partial charge in [0.25, 0.3) is 5.91 Å². The molecule has 0 saturated carbocycles. The molecule has 0 bridgehead atoms. The molecule has 0 saturated heterocycles. The molecule has 0 aliphatic rings. The van der Waals surface area contributed by atoms with Gasteiger partial charge in [0.2, 0.25) is 0 Å². The van der Waals surface area contributed by atoms with Crippen LogP contribution in [0.25, 0.3) is 21.8 Å². The van der Waals surface area contributed by atoms with Gasteiger partial charge in [0, 0.05) is 16.9 Å². The summed E-state index contributed by atoms with van der Waals surface area (Å²) in [5.74, 6) is 0.471. The maximum absolute atomic E-state index is 12.8. The van der Waals surface area contributed by atoms with Crippen LogP contribution in [0.4, 0.5) is 0 Å². The van der Waals surface area contributed by atoms with Crippen LogP contribution < -0.4 is 5.43 Å². The summed E-state index contributed by atoms with van der Waals surface area (Å²) in [7, 11) is 0. The first kappa shape index (κ1) is 22.4. The lowest BCUT2D eigenvalue weighted by atomic mass is 10.1. The van der Waals surface area contributed by atoms with E-state index >= 15 is 0 Å². The van der Waals surface area contributed by atoms with Gasteiger partial charge in [-0.1, -0.05) is 53.5 Å². The number of thiophene rings is 1. The quantitative estimate of drug-likeness (QED) is 0.218. The maximum atomic E-state index is 12.8. The summed E-state index contributed by atoms with van der Waals surface area (Å²) in [6.45, 7) is -0.00376. The topological polar surface area (TPSA) is 79.5 Å². The summed E-state index contributed by atoms with van der Waals surface area (Å²) >= 11 is 14.0. The van der Waals surface area contributed by atoms with Gasteiger partial charge < -0.3 is 9.67 Å². The van der Waals surface area contributed by atoms with Crippen molar-refractivity contribution >= 4 is 68.5 Å². The molecule has 2 aromatic heterocycles. The van der Waals surface area contributed by atoms with Crippen LogP contribution in [0.15, 0.2) is 71.1 Å². The van der Waals surface area contributed by atoms with Crippen molar-refractivity contribution in [3.63, 3.8) is 0 Å². The Morgan fingerprint density at radius 3 is 2.62 bits per heavy atom. The number of phenolic OH excluding ortho intramolecular Hbond substituents is 1. The van der Waals surface area contributed by atoms with Crippen LogP contribution in [0, 0.1) is 0 Å². The van der Waals surface area contributed by atoms with Crippen LogP contribution in [-0.4, -0.2) is 26.8 Å². The van der Waals surface area contributed by atoms with Gasteiger partial charge in [-0.2, -0.15) is 5.10 Å². The van der Waals surface area contributed by atoms with E-state index in [0.717, 1.165) is 21.5 Å². The molecule has 5 aromatic rings. The maximum Gasteiger partial charge on any atom is 0.260 e. The number of carbonyl (C=O) groups excluding carboxylic acids is 1. The molecule has 5 rings (SSSR count). The molecule has 0 aliphatic carbocycles. The Bertz CT molecular complexity index is 1540. The standard InChI is InChI=1S/C25H18Cl2N4O2S/c26-19-11-21-22(12-20(19)27)31(24(29-21)10-18-6-3-7-34-18)14-25(33)30-28-13-17-8-15-4-1-2-5-16(15)9-23(17)32/h1-9,11-13,32H,10,14H2,(H,30,33). The van der Waals surface area contributed by atoms with E-state index in [2.05, 4.69) is 15.5 Å². The lowest BCUT2D eigenvalue weighted by molar-refractivity contribution is -0.121. The van der Waals surface area contributed by atoms with Gasteiger partial charge in [0.15, 0.2) is 0 Å². The molecule has 2 heterocycles. The third kappa shape index (κ3) is 4.63. The van der Waals surface area contributed by atoms with Crippen LogP contribution in [0.1, 0.15) is 16.3 Å². The number of phenols is 1. The molecule has 0 unspecified atom stereocenters. The minimum atomic E-state index is -0.339. The van der Waals surface area contributed by atoms with Gasteiger partial charge in [-0.25, -0.2) is 10.4 Å². The number of rotatable bonds is 6. The number of nitrogens with zero attached hydrogens (tertiary/aromatic N) is 3. The number of hydrogen-bond donors (Lipinski definition) is 2. The van der Waals surface area contributed by atoms with E-state index in [1.54, 1.807) is 29.5 Å². The highest BCUT2D eigenvalue weighted by Gasteiger charge is 2.16. The fourth-order valence-electron chi connectivity index (χ4n) is 3.75. The van der Waals surface area contributed by atoms with Crippen molar-refractivity contribution in [1.82, 2.24) is 15.0 Å². The minimum Gasteiger partial charge on any atom is -0.507 e. The second-order valence-corrected chi connectivity index (χ2v) is 9.52. The molecule has 0 atom stereocenters. The predicted octanol–water partition coefficient (Wildman–Crippen LogP) is 6.00. The number of hydrogen-bond acceptors (Lipinski definition) is 5. The van der Waals surface area contributed by atoms with Gasteiger partial charge in [0.1, 0.15) is 18.1 Å². The first-order valence-electron chi connectivity index (χ1n) is 10.4. The number of nitrogens with one attached hydrogen (secondary N) is 1. The fraction of sp³-hybridized carbons (Fsp3) is 0.0800. The van der Waals surface area contributed by atoms with E-state index in [1.807, 2.05) is 52.4 Å². The molecule has 0 aliphatic heterocycles. The van der Waals surface area contributed by atoms with Crippen molar-refractivity contribution in [2.45, 2.75) is 13.0 Å². The predicted molar refractivity (Wildman–Crippen MR) is 138 cm³/mol. The van der Waals surface area contributed by atoms with Crippen LogP contribution in [0.3, 0.4) is 0 Å². The Labute approximate surface area is 209 Å². The van der Waals surface area contributed by atoms with Crippen molar-refractivity contribution in [1.29, 1.82) is 0 Å². The van der Waals surface area contributed by atoms with Gasteiger partial charge in [-0.3, -0.25) is 4.79 Å². The van der Waals surface area contributed by atoms with Crippen molar-refractivity contribution in [2.24, 2.45) is 5.10 Å². The Kier molecular flexibility index (Phi) is 6.24. The number of aromatic nitrogens is 2. The SMILES string of the molecule is O=C(Cn1c(Cc2cccs2)nc2cc(Cl)c(Cl)cc21)NN=Cc1cc2ccccc2cc1O. The zero-order valence-electron chi connectivity index (χ0n) is 17.7. The molecular formula is C25H18Cl2N4O2S. The molecule has 0 fully saturated rings. The summed E-state index contributed by atoms with van der Waals surface area (Å²) < 4.78 is 1.82. The summed E-state index contributed by atoms with van der Waals surface area (Å²) in [6, 6.07) is 18.6. The summed E-state index contributed by atoms with van der Waals surface area (Å²) in [5.41, 5.74) is 4.42. The molecule has 9 heteroatoms. The van der Waals surface area contributed by atoms with Crippen LogP contribution in [-0.2, 0) is 17.8 Å². The highest BCUT2D eigenvalue weighted by molar-refractivity contribution is 7.09. The molecule has 2 N–H and O–H groups in total. The average Bonchev–Trinajstić information content (AvgIpc) is 3.43. The normalized spacial score (nSPS) is 11.6. The van der Waals surface area contributed by atoms with E-state index < -0.39 is 0 Å². The van der Waals surface area contributed by atoms with Crippen molar-refractivity contribution in [2.75, 3.05) is 0 Å². The third-order valence-electron chi connectivity index (χ3n) is 5.37. The molecule has 0 spiro atoms. The van der Waals surface area contributed by atoms with Gasteiger partial charge in [-0.15, -0.1) is 11.3 Å². The summed E-state index contributed by atoms with van der Waals surface area (Å²) in [6.07, 6.45) is 2.00. The molecule has 3 aromatic carbocycles. The number of fused-ring (bicyclic) bond motifs is 2. The Balaban J connectivity index is 1.38. The van der Waals surface area contributed by atoms with Crippen LogP contribution in [0.2, 0.25) is 10.0 Å². The summed E-state index contributed by atoms with van der Waals surface area (Å²) in [4.78, 5) is 18.6. The van der Waals surface area contributed by atoms with Gasteiger partial charge >= 0.3 is 0 Å². The molecular weight excluding hydrogens is 491 g/mol. The van der Waals surface area contributed by atoms with Crippen LogP contribution in [0.5, 0.6) is 5.75 Å². The Hall–Kier alpha value is -3.39. The molecule has 34 heavy (non-hydrogen) atoms. The average molecular weight is 509 g/mol. The van der Waals surface area contributed by atoms with Crippen LogP contribution >= 0.6 is 34.5 Å². The minimum absolute atomic E-state index is 0.00376. The number of hydrazone groups is 1. The Morgan fingerprint density at radius 1 is 1.09 bits per heavy atom. The first-order chi connectivity index (χ1) is 16.5. The highest BCUT2D eigenvalue weighted by Crippen LogP contribution is 2.29. The van der Waals surface area contributed by atoms with Gasteiger partial charge in [-0.05, 0) is 46.5 Å². The van der Waals surface area contributed by atoms with E-state index in [1.165, 1.54) is 6.21 Å². The van der Waals surface area contributed by atoms with E-state index in [-0.39, 0.29) is 18.2 Å². The first-order valence-corrected chi connectivity index (χ1v) is 12.0. The zero-order valence-corrected chi connectivity index (χ0v) is 20.0. The van der Waals surface area contributed by atoms with E-state index in [9.17, 15) is 9.90 Å². The summed E-state index contributed by atoms with van der Waals surface area (Å²) in [5, 5.41) is 19.0. The zero-order chi connectivity index (χ0) is 23.7. The lowest BCUT2D eigenvalue weighted by Gasteiger charge is -2.08. The molecule has 1 amide bonds. The van der Waals surface area contributed by atoms with Gasteiger partial charge in [0.05, 0.1) is 27.3 Å². The largest absolute Gasteiger partial charge is 0.507 e. The number of halogens is 2. The lowest BCUT2D eigenvalue weighted by Crippen LogP contribution is -2.24. The number of benzene rings is 3. The molecule has 170 valence electrons. The number of amides is 1. The fourth-order valence-corrected chi connectivity index (χ4v) is 4.77. The molecule has 0 radical (unpaired) electrons. The number of aromatic hydroxyl groups is 1. The van der Waals surface area contributed by atoms with Crippen molar-refractivity contribution in [3.8, 4) is 5.75 Å².